The van der Waals surface area contributed by atoms with Gasteiger partial charge >= 0.3 is 0 Å². The van der Waals surface area contributed by atoms with Gasteiger partial charge in [-0.15, -0.1) is 0 Å². The van der Waals surface area contributed by atoms with Crippen molar-refractivity contribution < 1.29 is 4.74 Å². The highest BCUT2D eigenvalue weighted by atomic mass is 79.9. The molecule has 3 nitrogen and oxygen atoms in total. The first-order chi connectivity index (χ1) is 7.74. The van der Waals surface area contributed by atoms with Crippen molar-refractivity contribution in [3.05, 3.63) is 16.9 Å². The normalized spacial score (nSPS) is 25.2. The zero-order valence-electron chi connectivity index (χ0n) is 9.33. The number of methoxy groups -OCH3 is 1. The van der Waals surface area contributed by atoms with Crippen molar-refractivity contribution in [2.75, 3.05) is 13.7 Å². The van der Waals surface area contributed by atoms with E-state index in [9.17, 15) is 0 Å². The SMILES string of the molecule is COCCn1ncc(Cl)c1C1CCCC1Br. The van der Waals surface area contributed by atoms with Gasteiger partial charge in [0.1, 0.15) is 0 Å². The first-order valence-corrected chi connectivity index (χ1v) is 6.87. The molecule has 5 heteroatoms. The molecule has 0 spiro atoms. The molecule has 1 fully saturated rings. The fraction of sp³-hybridized carbons (Fsp3) is 0.727. The van der Waals surface area contributed by atoms with Gasteiger partial charge in [-0.3, -0.25) is 4.68 Å². The molecule has 0 saturated heterocycles. The minimum Gasteiger partial charge on any atom is -0.383 e. The number of nitrogens with zero attached hydrogens (tertiary/aromatic N) is 2. The summed E-state index contributed by atoms with van der Waals surface area (Å²) >= 11 is 9.96. The van der Waals surface area contributed by atoms with Crippen LogP contribution in [0.1, 0.15) is 30.9 Å². The Morgan fingerprint density at radius 2 is 2.44 bits per heavy atom. The molecule has 2 atom stereocenters. The molecule has 2 unspecified atom stereocenters. The first-order valence-electron chi connectivity index (χ1n) is 5.58. The third kappa shape index (κ3) is 2.44. The molecule has 0 aliphatic heterocycles. The summed E-state index contributed by atoms with van der Waals surface area (Å²) in [5, 5.41) is 5.10. The van der Waals surface area contributed by atoms with E-state index in [0.717, 1.165) is 17.3 Å². The van der Waals surface area contributed by atoms with Crippen LogP contribution < -0.4 is 0 Å². The quantitative estimate of drug-likeness (QED) is 0.799. The molecule has 0 radical (unpaired) electrons. The van der Waals surface area contributed by atoms with E-state index in [4.69, 9.17) is 16.3 Å². The van der Waals surface area contributed by atoms with Gasteiger partial charge in [0.2, 0.25) is 0 Å². The van der Waals surface area contributed by atoms with Crippen LogP contribution in [0.15, 0.2) is 6.20 Å². The van der Waals surface area contributed by atoms with E-state index in [1.165, 1.54) is 19.3 Å². The highest BCUT2D eigenvalue weighted by Crippen LogP contribution is 2.41. The van der Waals surface area contributed by atoms with Gasteiger partial charge < -0.3 is 4.74 Å². The summed E-state index contributed by atoms with van der Waals surface area (Å²) in [5.41, 5.74) is 1.16. The maximum absolute atomic E-state index is 6.22. The molecule has 0 bridgehead atoms. The van der Waals surface area contributed by atoms with Crippen LogP contribution in [0.4, 0.5) is 0 Å². The van der Waals surface area contributed by atoms with E-state index < -0.39 is 0 Å². The molecule has 1 aromatic heterocycles. The van der Waals surface area contributed by atoms with E-state index in [2.05, 4.69) is 21.0 Å². The maximum atomic E-state index is 6.22. The van der Waals surface area contributed by atoms with E-state index in [-0.39, 0.29) is 0 Å². The van der Waals surface area contributed by atoms with E-state index in [1.807, 2.05) is 4.68 Å². The molecule has 90 valence electrons. The maximum Gasteiger partial charge on any atom is 0.0821 e. The largest absolute Gasteiger partial charge is 0.383 e. The van der Waals surface area contributed by atoms with Gasteiger partial charge in [-0.05, 0) is 12.8 Å². The molecule has 1 aliphatic carbocycles. The van der Waals surface area contributed by atoms with Crippen LogP contribution in [0.5, 0.6) is 0 Å². The Bertz CT molecular complexity index is 356. The van der Waals surface area contributed by atoms with Gasteiger partial charge in [-0.2, -0.15) is 5.10 Å². The molecule has 16 heavy (non-hydrogen) atoms. The van der Waals surface area contributed by atoms with Gasteiger partial charge in [-0.25, -0.2) is 0 Å². The van der Waals surface area contributed by atoms with E-state index in [0.29, 0.717) is 17.4 Å². The van der Waals surface area contributed by atoms with Crippen molar-refractivity contribution in [1.82, 2.24) is 9.78 Å². The minimum absolute atomic E-state index is 0.492. The number of ether oxygens (including phenoxy) is 1. The number of hydrogen-bond donors (Lipinski definition) is 0. The molecule has 1 aromatic rings. The first kappa shape index (κ1) is 12.4. The second kappa shape index (κ2) is 5.52. The highest BCUT2D eigenvalue weighted by Gasteiger charge is 2.30. The average Bonchev–Trinajstić information content (AvgIpc) is 2.82. The smallest absolute Gasteiger partial charge is 0.0821 e. The number of halogens is 2. The van der Waals surface area contributed by atoms with Crippen LogP contribution in [0.3, 0.4) is 0 Å². The van der Waals surface area contributed by atoms with Crippen LogP contribution in [0.25, 0.3) is 0 Å². The minimum atomic E-state index is 0.492. The lowest BCUT2D eigenvalue weighted by atomic mass is 10.0. The van der Waals surface area contributed by atoms with Crippen molar-refractivity contribution in [2.45, 2.75) is 36.6 Å². The van der Waals surface area contributed by atoms with Gasteiger partial charge in [0.25, 0.3) is 0 Å². The van der Waals surface area contributed by atoms with Gasteiger partial charge in [0, 0.05) is 17.9 Å². The zero-order valence-corrected chi connectivity index (χ0v) is 11.7. The summed E-state index contributed by atoms with van der Waals surface area (Å²) in [6.45, 7) is 1.44. The van der Waals surface area contributed by atoms with Crippen LogP contribution in [-0.2, 0) is 11.3 Å². The van der Waals surface area contributed by atoms with Crippen molar-refractivity contribution in [2.24, 2.45) is 0 Å². The molecular weight excluding hydrogens is 291 g/mol. The number of rotatable bonds is 4. The van der Waals surface area contributed by atoms with Crippen molar-refractivity contribution >= 4 is 27.5 Å². The van der Waals surface area contributed by atoms with Crippen LogP contribution in [0.2, 0.25) is 5.02 Å². The molecule has 1 aliphatic rings. The zero-order chi connectivity index (χ0) is 11.5. The van der Waals surface area contributed by atoms with Crippen molar-refractivity contribution in [3.63, 3.8) is 0 Å². The van der Waals surface area contributed by atoms with Crippen LogP contribution >= 0.6 is 27.5 Å². The lowest BCUT2D eigenvalue weighted by molar-refractivity contribution is 0.182. The van der Waals surface area contributed by atoms with Gasteiger partial charge in [-0.1, -0.05) is 34.0 Å². The Morgan fingerprint density at radius 3 is 3.06 bits per heavy atom. The standard InChI is InChI=1S/C11H16BrClN2O/c1-16-6-5-15-11(10(13)7-14-15)8-3-2-4-9(8)12/h7-9H,2-6H2,1H3. The van der Waals surface area contributed by atoms with Crippen LogP contribution in [-0.4, -0.2) is 28.3 Å². The molecular formula is C11H16BrClN2O. The molecule has 1 heterocycles. The number of hydrogen-bond acceptors (Lipinski definition) is 2. The second-order valence-electron chi connectivity index (χ2n) is 4.15. The summed E-state index contributed by atoms with van der Waals surface area (Å²) in [6.07, 6.45) is 5.40. The fourth-order valence-corrected chi connectivity index (χ4v) is 3.44. The molecule has 1 saturated carbocycles. The number of aromatic nitrogens is 2. The topological polar surface area (TPSA) is 27.1 Å². The molecule has 0 N–H and O–H groups in total. The molecule has 0 aromatic carbocycles. The van der Waals surface area contributed by atoms with E-state index in [1.54, 1.807) is 13.3 Å². The summed E-state index contributed by atoms with van der Waals surface area (Å²) in [7, 11) is 1.70. The molecule has 2 rings (SSSR count). The molecule has 0 amide bonds. The summed E-state index contributed by atoms with van der Waals surface area (Å²) in [5.74, 6) is 0.492. The predicted molar refractivity (Wildman–Crippen MR) is 68.4 cm³/mol. The average molecular weight is 308 g/mol. The number of alkyl halides is 1. The Morgan fingerprint density at radius 1 is 1.62 bits per heavy atom. The third-order valence-electron chi connectivity index (χ3n) is 3.12. The highest BCUT2D eigenvalue weighted by molar-refractivity contribution is 9.09. The monoisotopic (exact) mass is 306 g/mol. The Labute approximate surface area is 109 Å². The fourth-order valence-electron chi connectivity index (χ4n) is 2.32. The van der Waals surface area contributed by atoms with Crippen LogP contribution in [0, 0.1) is 0 Å². The van der Waals surface area contributed by atoms with E-state index >= 15 is 0 Å². The Kier molecular flexibility index (Phi) is 4.27. The van der Waals surface area contributed by atoms with Gasteiger partial charge in [0.05, 0.1) is 30.1 Å². The summed E-state index contributed by atoms with van der Waals surface area (Å²) < 4.78 is 7.07. The Hall–Kier alpha value is -0.0600. The summed E-state index contributed by atoms with van der Waals surface area (Å²) in [6, 6.07) is 0. The lowest BCUT2D eigenvalue weighted by Gasteiger charge is -2.16. The van der Waals surface area contributed by atoms with Crippen molar-refractivity contribution in [3.8, 4) is 0 Å². The second-order valence-corrected chi connectivity index (χ2v) is 5.73. The van der Waals surface area contributed by atoms with Crippen molar-refractivity contribution in [1.29, 1.82) is 0 Å². The Balaban J connectivity index is 2.20. The summed E-state index contributed by atoms with van der Waals surface area (Å²) in [4.78, 5) is 0.531. The lowest BCUT2D eigenvalue weighted by Crippen LogP contribution is -2.15. The third-order valence-corrected chi connectivity index (χ3v) is 4.51. The van der Waals surface area contributed by atoms with Gasteiger partial charge in [0.15, 0.2) is 0 Å². The predicted octanol–water partition coefficient (Wildman–Crippen LogP) is 3.21.